The monoisotopic (exact) mass is 359 g/mol. The molecule has 26 heavy (non-hydrogen) atoms. The maximum atomic E-state index is 13.4. The minimum atomic E-state index is -0.253. The molecule has 1 saturated heterocycles. The summed E-state index contributed by atoms with van der Waals surface area (Å²) in [5.41, 5.74) is 0.903. The van der Waals surface area contributed by atoms with Crippen LogP contribution >= 0.6 is 0 Å². The lowest BCUT2D eigenvalue weighted by Gasteiger charge is -2.38. The summed E-state index contributed by atoms with van der Waals surface area (Å²) in [5, 5.41) is 0. The maximum Gasteiger partial charge on any atom is 0.316 e. The zero-order valence-corrected chi connectivity index (χ0v) is 14.7. The Morgan fingerprint density at radius 2 is 2.12 bits per heavy atom. The van der Waals surface area contributed by atoms with Crippen LogP contribution in [-0.4, -0.2) is 53.7 Å². The second-order valence-electron chi connectivity index (χ2n) is 6.32. The van der Waals surface area contributed by atoms with Crippen LogP contribution in [0.1, 0.15) is 12.0 Å². The number of rotatable bonds is 6. The van der Waals surface area contributed by atoms with Crippen molar-refractivity contribution in [2.45, 2.75) is 18.9 Å². The fourth-order valence-corrected chi connectivity index (χ4v) is 3.29. The predicted octanol–water partition coefficient (Wildman–Crippen LogP) is 2.10. The number of piperidine rings is 1. The van der Waals surface area contributed by atoms with Gasteiger partial charge in [0.05, 0.1) is 6.10 Å². The quantitative estimate of drug-likeness (QED) is 0.790. The summed E-state index contributed by atoms with van der Waals surface area (Å²) in [5.74, 6) is -0.264. The van der Waals surface area contributed by atoms with Crippen LogP contribution in [0.25, 0.3) is 0 Å². The number of carbonyl (C=O) groups is 1. The average molecular weight is 359 g/mol. The number of halogens is 1. The molecular weight excluding hydrogens is 337 g/mol. The number of hydrogen-bond acceptors (Lipinski definition) is 5. The summed E-state index contributed by atoms with van der Waals surface area (Å²) in [6.07, 6.45) is 4.56. The van der Waals surface area contributed by atoms with Gasteiger partial charge >= 0.3 is 6.01 Å². The SMILES string of the molecule is CO[C@H]1CCN(C(=O)COc2ncccn2)C[C@H]1Cc1cccc(F)c1. The van der Waals surface area contributed by atoms with Crippen LogP contribution in [0.2, 0.25) is 0 Å². The van der Waals surface area contributed by atoms with Crippen molar-refractivity contribution in [2.75, 3.05) is 26.8 Å². The summed E-state index contributed by atoms with van der Waals surface area (Å²) >= 11 is 0. The van der Waals surface area contributed by atoms with Crippen molar-refractivity contribution in [3.05, 3.63) is 54.1 Å². The molecule has 6 nitrogen and oxygen atoms in total. The molecule has 0 aliphatic carbocycles. The summed E-state index contributed by atoms with van der Waals surface area (Å²) in [4.78, 5) is 22.1. The van der Waals surface area contributed by atoms with E-state index in [2.05, 4.69) is 9.97 Å². The third kappa shape index (κ3) is 4.76. The topological polar surface area (TPSA) is 64.5 Å². The summed E-state index contributed by atoms with van der Waals surface area (Å²) in [6, 6.07) is 8.42. The number of methoxy groups -OCH3 is 1. The Morgan fingerprint density at radius 1 is 1.31 bits per heavy atom. The first-order chi connectivity index (χ1) is 12.7. The number of likely N-dealkylation sites (tertiary alicyclic amines) is 1. The molecule has 1 aliphatic rings. The van der Waals surface area contributed by atoms with E-state index >= 15 is 0 Å². The van der Waals surface area contributed by atoms with Gasteiger partial charge in [0.15, 0.2) is 6.61 Å². The van der Waals surface area contributed by atoms with Crippen molar-refractivity contribution < 1.29 is 18.7 Å². The molecule has 0 N–H and O–H groups in total. The van der Waals surface area contributed by atoms with E-state index in [0.29, 0.717) is 19.5 Å². The van der Waals surface area contributed by atoms with Gasteiger partial charge in [-0.05, 0) is 36.6 Å². The Labute approximate surface area is 152 Å². The molecule has 0 saturated carbocycles. The number of ether oxygens (including phenoxy) is 2. The van der Waals surface area contributed by atoms with Crippen LogP contribution in [0, 0.1) is 11.7 Å². The van der Waals surface area contributed by atoms with E-state index in [1.165, 1.54) is 12.1 Å². The molecule has 1 aromatic heterocycles. The number of aromatic nitrogens is 2. The van der Waals surface area contributed by atoms with E-state index in [1.54, 1.807) is 36.5 Å². The second-order valence-corrected chi connectivity index (χ2v) is 6.32. The molecule has 2 aromatic rings. The Morgan fingerprint density at radius 3 is 2.85 bits per heavy atom. The normalized spacial score (nSPS) is 20.0. The first-order valence-corrected chi connectivity index (χ1v) is 8.60. The lowest BCUT2D eigenvalue weighted by Crippen LogP contribution is -2.48. The van der Waals surface area contributed by atoms with Gasteiger partial charge in [-0.3, -0.25) is 4.79 Å². The number of hydrogen-bond donors (Lipinski definition) is 0. The van der Waals surface area contributed by atoms with Crippen molar-refractivity contribution in [3.63, 3.8) is 0 Å². The molecule has 1 fully saturated rings. The molecule has 2 heterocycles. The average Bonchev–Trinajstić information content (AvgIpc) is 2.67. The van der Waals surface area contributed by atoms with Gasteiger partial charge in [0.1, 0.15) is 5.82 Å². The number of benzene rings is 1. The summed E-state index contributed by atoms with van der Waals surface area (Å²) in [6.45, 7) is 1.05. The zero-order valence-electron chi connectivity index (χ0n) is 14.7. The molecular formula is C19H22FN3O3. The summed E-state index contributed by atoms with van der Waals surface area (Å²) < 4.78 is 24.4. The van der Waals surface area contributed by atoms with Gasteiger partial charge in [0, 0.05) is 38.5 Å². The highest BCUT2D eigenvalue weighted by molar-refractivity contribution is 5.77. The highest BCUT2D eigenvalue weighted by atomic mass is 19.1. The first kappa shape index (κ1) is 18.3. The molecule has 2 atom stereocenters. The molecule has 0 bridgehead atoms. The molecule has 0 unspecified atom stereocenters. The first-order valence-electron chi connectivity index (χ1n) is 8.60. The van der Waals surface area contributed by atoms with Crippen LogP contribution in [0.3, 0.4) is 0 Å². The lowest BCUT2D eigenvalue weighted by atomic mass is 9.88. The van der Waals surface area contributed by atoms with E-state index < -0.39 is 0 Å². The van der Waals surface area contributed by atoms with Gasteiger partial charge in [-0.2, -0.15) is 0 Å². The van der Waals surface area contributed by atoms with Crippen LogP contribution < -0.4 is 4.74 Å². The molecule has 0 radical (unpaired) electrons. The Hall–Kier alpha value is -2.54. The molecule has 3 rings (SSSR count). The van der Waals surface area contributed by atoms with Gasteiger partial charge in [-0.1, -0.05) is 12.1 Å². The van der Waals surface area contributed by atoms with Crippen molar-refractivity contribution in [1.29, 1.82) is 0 Å². The molecule has 1 amide bonds. The van der Waals surface area contributed by atoms with E-state index in [9.17, 15) is 9.18 Å². The third-order valence-corrected chi connectivity index (χ3v) is 4.57. The highest BCUT2D eigenvalue weighted by Gasteiger charge is 2.31. The number of amides is 1. The van der Waals surface area contributed by atoms with Gasteiger partial charge in [-0.25, -0.2) is 14.4 Å². The maximum absolute atomic E-state index is 13.4. The Bertz CT molecular complexity index is 729. The Balaban J connectivity index is 1.59. The van der Waals surface area contributed by atoms with Crippen LogP contribution in [0.4, 0.5) is 4.39 Å². The van der Waals surface area contributed by atoms with E-state index in [0.717, 1.165) is 12.0 Å². The van der Waals surface area contributed by atoms with Crippen molar-refractivity contribution in [2.24, 2.45) is 5.92 Å². The zero-order chi connectivity index (χ0) is 18.4. The van der Waals surface area contributed by atoms with Crippen LogP contribution in [-0.2, 0) is 16.0 Å². The fourth-order valence-electron chi connectivity index (χ4n) is 3.29. The van der Waals surface area contributed by atoms with Crippen molar-refractivity contribution in [3.8, 4) is 6.01 Å². The predicted molar refractivity (Wildman–Crippen MR) is 93.1 cm³/mol. The van der Waals surface area contributed by atoms with E-state index in [4.69, 9.17) is 9.47 Å². The molecule has 7 heteroatoms. The van der Waals surface area contributed by atoms with Crippen LogP contribution in [0.5, 0.6) is 6.01 Å². The molecule has 0 spiro atoms. The van der Waals surface area contributed by atoms with Crippen molar-refractivity contribution in [1.82, 2.24) is 14.9 Å². The van der Waals surface area contributed by atoms with Crippen molar-refractivity contribution >= 4 is 5.91 Å². The standard InChI is InChI=1S/C19H22FN3O3/c1-25-17-6-9-23(18(24)13-26-19-21-7-3-8-22-19)12-15(17)10-14-4-2-5-16(20)11-14/h2-5,7-8,11,15,17H,6,9-10,12-13H2,1H3/t15-,17+/m1/s1. The highest BCUT2D eigenvalue weighted by Crippen LogP contribution is 2.24. The number of carbonyl (C=O) groups excluding carboxylic acids is 1. The number of nitrogens with zero attached hydrogens (tertiary/aromatic N) is 3. The summed E-state index contributed by atoms with van der Waals surface area (Å²) in [7, 11) is 1.68. The van der Waals surface area contributed by atoms with E-state index in [-0.39, 0.29) is 36.4 Å². The smallest absolute Gasteiger partial charge is 0.316 e. The third-order valence-electron chi connectivity index (χ3n) is 4.57. The molecule has 138 valence electrons. The molecule has 1 aromatic carbocycles. The fraction of sp³-hybridized carbons (Fsp3) is 0.421. The second kappa shape index (κ2) is 8.71. The van der Waals surface area contributed by atoms with Gasteiger partial charge in [-0.15, -0.1) is 0 Å². The van der Waals surface area contributed by atoms with Crippen LogP contribution in [0.15, 0.2) is 42.7 Å². The lowest BCUT2D eigenvalue weighted by molar-refractivity contribution is -0.137. The molecule has 1 aliphatic heterocycles. The van der Waals surface area contributed by atoms with E-state index in [1.807, 2.05) is 6.07 Å². The van der Waals surface area contributed by atoms with Gasteiger partial charge in [0.25, 0.3) is 5.91 Å². The largest absolute Gasteiger partial charge is 0.453 e. The minimum Gasteiger partial charge on any atom is -0.453 e. The Kier molecular flexibility index (Phi) is 6.12. The minimum absolute atomic E-state index is 0.0423. The van der Waals surface area contributed by atoms with Gasteiger partial charge in [0.2, 0.25) is 0 Å². The van der Waals surface area contributed by atoms with Gasteiger partial charge < -0.3 is 14.4 Å².